The molecule has 1 aliphatic heterocycles. The van der Waals surface area contributed by atoms with Crippen molar-refractivity contribution >= 4 is 11.9 Å². The lowest BCUT2D eigenvalue weighted by molar-refractivity contribution is -0.138. The van der Waals surface area contributed by atoms with E-state index in [9.17, 15) is 22.8 Å². The average molecular weight is 367 g/mol. The van der Waals surface area contributed by atoms with Crippen LogP contribution in [0.1, 0.15) is 45.2 Å². The topological polar surface area (TPSA) is 75.4 Å². The van der Waals surface area contributed by atoms with Gasteiger partial charge in [0.25, 0.3) is 5.91 Å². The SMILES string of the molecule is O=C(O)c1cnn(C2CCN(C(=O)c3ccccc3C(F)(F)F)CC2)c1. The van der Waals surface area contributed by atoms with Crippen LogP contribution in [-0.2, 0) is 6.18 Å². The highest BCUT2D eigenvalue weighted by molar-refractivity contribution is 5.96. The minimum atomic E-state index is -4.59. The number of rotatable bonds is 3. The van der Waals surface area contributed by atoms with Gasteiger partial charge in [-0.1, -0.05) is 12.1 Å². The number of aromatic nitrogens is 2. The number of halogens is 3. The first-order valence-electron chi connectivity index (χ1n) is 8.00. The van der Waals surface area contributed by atoms with Gasteiger partial charge < -0.3 is 10.0 Å². The molecular formula is C17H16F3N3O3. The number of carbonyl (C=O) groups excluding carboxylic acids is 1. The number of hydrogen-bond acceptors (Lipinski definition) is 3. The minimum Gasteiger partial charge on any atom is -0.478 e. The molecule has 1 aromatic heterocycles. The largest absolute Gasteiger partial charge is 0.478 e. The van der Waals surface area contributed by atoms with Gasteiger partial charge in [-0.05, 0) is 25.0 Å². The normalized spacial score (nSPS) is 15.9. The fourth-order valence-electron chi connectivity index (χ4n) is 3.07. The van der Waals surface area contributed by atoms with Crippen molar-refractivity contribution in [2.45, 2.75) is 25.1 Å². The summed E-state index contributed by atoms with van der Waals surface area (Å²) in [5.41, 5.74) is -1.22. The van der Waals surface area contributed by atoms with E-state index in [1.54, 1.807) is 0 Å². The Labute approximate surface area is 146 Å². The van der Waals surface area contributed by atoms with E-state index >= 15 is 0 Å². The quantitative estimate of drug-likeness (QED) is 0.905. The van der Waals surface area contributed by atoms with Gasteiger partial charge in [0.1, 0.15) is 0 Å². The Morgan fingerprint density at radius 1 is 1.15 bits per heavy atom. The molecule has 2 heterocycles. The lowest BCUT2D eigenvalue weighted by Crippen LogP contribution is -2.39. The van der Waals surface area contributed by atoms with Crippen LogP contribution in [0.4, 0.5) is 13.2 Å². The number of carboxylic acids is 1. The third-order valence-corrected chi connectivity index (χ3v) is 4.44. The lowest BCUT2D eigenvalue weighted by Gasteiger charge is -2.32. The molecule has 0 aliphatic carbocycles. The smallest absolute Gasteiger partial charge is 0.417 e. The van der Waals surface area contributed by atoms with Crippen LogP contribution < -0.4 is 0 Å². The van der Waals surface area contributed by atoms with Gasteiger partial charge in [0.05, 0.1) is 28.9 Å². The van der Waals surface area contributed by atoms with Crippen molar-refractivity contribution < 1.29 is 27.9 Å². The number of carbonyl (C=O) groups is 2. The molecule has 0 radical (unpaired) electrons. The number of alkyl halides is 3. The van der Waals surface area contributed by atoms with E-state index in [-0.39, 0.29) is 30.3 Å². The summed E-state index contributed by atoms with van der Waals surface area (Å²) in [5, 5.41) is 13.0. The Morgan fingerprint density at radius 3 is 2.38 bits per heavy atom. The van der Waals surface area contributed by atoms with Crippen LogP contribution in [-0.4, -0.2) is 44.8 Å². The summed E-state index contributed by atoms with van der Waals surface area (Å²) in [6.07, 6.45) is -0.947. The first kappa shape index (κ1) is 18.0. The standard InChI is InChI=1S/C17H16F3N3O3/c18-17(19,20)14-4-2-1-3-13(14)15(24)22-7-5-12(6-8-22)23-10-11(9-21-23)16(25)26/h1-4,9-10,12H,5-8H2,(H,25,26). The van der Waals surface area contributed by atoms with Crippen LogP contribution in [0.3, 0.4) is 0 Å². The molecule has 1 saturated heterocycles. The monoisotopic (exact) mass is 367 g/mol. The second kappa shape index (κ2) is 6.81. The van der Waals surface area contributed by atoms with Gasteiger partial charge in [-0.2, -0.15) is 18.3 Å². The van der Waals surface area contributed by atoms with Crippen molar-refractivity contribution in [3.05, 3.63) is 53.3 Å². The van der Waals surface area contributed by atoms with Crippen molar-refractivity contribution in [2.75, 3.05) is 13.1 Å². The Balaban J connectivity index is 1.70. The predicted molar refractivity (Wildman–Crippen MR) is 84.8 cm³/mol. The zero-order chi connectivity index (χ0) is 18.9. The van der Waals surface area contributed by atoms with Crippen LogP contribution in [0.2, 0.25) is 0 Å². The number of carboxylic acid groups (broad SMARTS) is 1. The summed E-state index contributed by atoms with van der Waals surface area (Å²) in [6.45, 7) is 0.552. The van der Waals surface area contributed by atoms with E-state index in [0.29, 0.717) is 12.8 Å². The van der Waals surface area contributed by atoms with Gasteiger partial charge in [0.15, 0.2) is 0 Å². The lowest BCUT2D eigenvalue weighted by atomic mass is 10.0. The van der Waals surface area contributed by atoms with Crippen molar-refractivity contribution in [2.24, 2.45) is 0 Å². The van der Waals surface area contributed by atoms with Crippen LogP contribution in [0, 0.1) is 0 Å². The molecule has 1 amide bonds. The molecular weight excluding hydrogens is 351 g/mol. The van der Waals surface area contributed by atoms with E-state index in [1.165, 1.54) is 40.2 Å². The van der Waals surface area contributed by atoms with Gasteiger partial charge in [0.2, 0.25) is 0 Å². The molecule has 6 nitrogen and oxygen atoms in total. The number of likely N-dealkylation sites (tertiary alicyclic amines) is 1. The Hall–Kier alpha value is -2.84. The Bertz CT molecular complexity index is 824. The Morgan fingerprint density at radius 2 is 1.81 bits per heavy atom. The molecule has 2 aromatic rings. The van der Waals surface area contributed by atoms with Crippen LogP contribution in [0.15, 0.2) is 36.7 Å². The van der Waals surface area contributed by atoms with Gasteiger partial charge >= 0.3 is 12.1 Å². The number of benzene rings is 1. The predicted octanol–water partition coefficient (Wildman–Crippen LogP) is 3.08. The van der Waals surface area contributed by atoms with Gasteiger partial charge in [-0.3, -0.25) is 9.48 Å². The summed E-state index contributed by atoms with van der Waals surface area (Å²) in [5.74, 6) is -1.73. The van der Waals surface area contributed by atoms with E-state index in [2.05, 4.69) is 5.10 Å². The first-order chi connectivity index (χ1) is 12.3. The molecule has 0 bridgehead atoms. The minimum absolute atomic E-state index is 0.0719. The van der Waals surface area contributed by atoms with E-state index < -0.39 is 23.6 Å². The molecule has 1 N–H and O–H groups in total. The van der Waals surface area contributed by atoms with Gasteiger partial charge in [0, 0.05) is 19.3 Å². The summed E-state index contributed by atoms with van der Waals surface area (Å²) < 4.78 is 40.8. The zero-order valence-corrected chi connectivity index (χ0v) is 13.6. The summed E-state index contributed by atoms with van der Waals surface area (Å²) in [6, 6.07) is 4.65. The fraction of sp³-hybridized carbons (Fsp3) is 0.353. The maximum Gasteiger partial charge on any atom is 0.417 e. The van der Waals surface area contributed by atoms with E-state index in [1.807, 2.05) is 0 Å². The van der Waals surface area contributed by atoms with Crippen LogP contribution in [0.5, 0.6) is 0 Å². The number of nitrogens with zero attached hydrogens (tertiary/aromatic N) is 3. The van der Waals surface area contributed by atoms with Crippen LogP contribution in [0.25, 0.3) is 0 Å². The maximum atomic E-state index is 13.1. The number of aromatic carboxylic acids is 1. The third kappa shape index (κ3) is 3.56. The summed E-state index contributed by atoms with van der Waals surface area (Å²) in [7, 11) is 0. The molecule has 9 heteroatoms. The average Bonchev–Trinajstić information content (AvgIpc) is 3.11. The molecule has 138 valence electrons. The Kier molecular flexibility index (Phi) is 4.71. The van der Waals surface area contributed by atoms with Gasteiger partial charge in [-0.15, -0.1) is 0 Å². The van der Waals surface area contributed by atoms with Gasteiger partial charge in [-0.25, -0.2) is 4.79 Å². The van der Waals surface area contributed by atoms with E-state index in [0.717, 1.165) is 6.07 Å². The second-order valence-electron chi connectivity index (χ2n) is 6.08. The molecule has 1 aromatic carbocycles. The zero-order valence-electron chi connectivity index (χ0n) is 13.6. The molecule has 1 aliphatic rings. The van der Waals surface area contributed by atoms with Crippen molar-refractivity contribution in [1.82, 2.24) is 14.7 Å². The van der Waals surface area contributed by atoms with Crippen molar-refractivity contribution in [1.29, 1.82) is 0 Å². The van der Waals surface area contributed by atoms with E-state index in [4.69, 9.17) is 5.11 Å². The second-order valence-corrected chi connectivity index (χ2v) is 6.08. The highest BCUT2D eigenvalue weighted by atomic mass is 19.4. The first-order valence-corrected chi connectivity index (χ1v) is 8.00. The number of piperidine rings is 1. The maximum absolute atomic E-state index is 13.1. The third-order valence-electron chi connectivity index (χ3n) is 4.44. The van der Waals surface area contributed by atoms with Crippen LogP contribution >= 0.6 is 0 Å². The molecule has 26 heavy (non-hydrogen) atoms. The summed E-state index contributed by atoms with van der Waals surface area (Å²) in [4.78, 5) is 24.8. The molecule has 1 fully saturated rings. The highest BCUT2D eigenvalue weighted by Crippen LogP contribution is 2.33. The highest BCUT2D eigenvalue weighted by Gasteiger charge is 2.36. The molecule has 0 unspecified atom stereocenters. The molecule has 0 atom stereocenters. The number of hydrogen-bond donors (Lipinski definition) is 1. The van der Waals surface area contributed by atoms with Crippen molar-refractivity contribution in [3.8, 4) is 0 Å². The summed E-state index contributed by atoms with van der Waals surface area (Å²) >= 11 is 0. The molecule has 0 spiro atoms. The van der Waals surface area contributed by atoms with Crippen molar-refractivity contribution in [3.63, 3.8) is 0 Å². The fourth-order valence-corrected chi connectivity index (χ4v) is 3.07. The molecule has 3 rings (SSSR count). The number of amides is 1. The molecule has 0 saturated carbocycles.